The van der Waals surface area contributed by atoms with Crippen LogP contribution in [-0.4, -0.2) is 56.2 Å². The molecule has 3 heterocycles. The normalized spacial score (nSPS) is 18.1. The van der Waals surface area contributed by atoms with Gasteiger partial charge in [-0.3, -0.25) is 14.4 Å². The monoisotopic (exact) mass is 344 g/mol. The lowest BCUT2D eigenvalue weighted by Crippen LogP contribution is -2.53. The number of nitrogens with zero attached hydrogens (tertiary/aromatic N) is 2. The minimum absolute atomic E-state index is 0.243. The van der Waals surface area contributed by atoms with Crippen LogP contribution in [0.3, 0.4) is 0 Å². The van der Waals surface area contributed by atoms with Crippen molar-refractivity contribution in [2.24, 2.45) is 5.73 Å². The second kappa shape index (κ2) is 7.20. The van der Waals surface area contributed by atoms with Gasteiger partial charge in [-0.05, 0) is 25.0 Å². The Labute approximate surface area is 144 Å². The number of nitrogens with two attached hydrogens (primary N) is 1. The molecule has 25 heavy (non-hydrogen) atoms. The zero-order chi connectivity index (χ0) is 17.8. The van der Waals surface area contributed by atoms with E-state index in [2.05, 4.69) is 20.3 Å². The summed E-state index contributed by atoms with van der Waals surface area (Å²) in [5.41, 5.74) is 6.46. The first-order chi connectivity index (χ1) is 12.1. The van der Waals surface area contributed by atoms with Crippen molar-refractivity contribution in [1.29, 1.82) is 0 Å². The summed E-state index contributed by atoms with van der Waals surface area (Å²) in [6.45, 7) is 0.449. The smallest absolute Gasteiger partial charge is 0.268 e. The summed E-state index contributed by atoms with van der Waals surface area (Å²) in [4.78, 5) is 48.0. The summed E-state index contributed by atoms with van der Waals surface area (Å²) in [6, 6.07) is 1.87. The van der Waals surface area contributed by atoms with Crippen LogP contribution in [0.25, 0.3) is 0 Å². The van der Waals surface area contributed by atoms with Gasteiger partial charge in [0.15, 0.2) is 0 Å². The second-order valence-corrected chi connectivity index (χ2v) is 5.98. The van der Waals surface area contributed by atoms with Crippen molar-refractivity contribution in [1.82, 2.24) is 25.2 Å². The van der Waals surface area contributed by atoms with Crippen LogP contribution in [0.15, 0.2) is 30.9 Å². The lowest BCUT2D eigenvalue weighted by atomic mass is 10.1. The maximum atomic E-state index is 13.0. The number of hydrogen-bond acceptors (Lipinski definition) is 4. The van der Waals surface area contributed by atoms with Crippen molar-refractivity contribution < 1.29 is 14.4 Å². The van der Waals surface area contributed by atoms with E-state index in [-0.39, 0.29) is 12.3 Å². The number of hydrogen-bond donors (Lipinski definition) is 4. The molecular weight excluding hydrogens is 324 g/mol. The van der Waals surface area contributed by atoms with E-state index in [1.54, 1.807) is 24.5 Å². The van der Waals surface area contributed by atoms with Gasteiger partial charge in [-0.25, -0.2) is 4.98 Å². The highest BCUT2D eigenvalue weighted by molar-refractivity contribution is 5.97. The topological polar surface area (TPSA) is 137 Å². The van der Waals surface area contributed by atoms with Crippen LogP contribution >= 0.6 is 0 Å². The number of carbonyl (C=O) groups excluding carboxylic acids is 3. The molecule has 1 fully saturated rings. The van der Waals surface area contributed by atoms with Gasteiger partial charge in [-0.15, -0.1) is 0 Å². The molecule has 9 nitrogen and oxygen atoms in total. The van der Waals surface area contributed by atoms with Crippen molar-refractivity contribution >= 4 is 17.7 Å². The van der Waals surface area contributed by atoms with Gasteiger partial charge in [0.1, 0.15) is 17.8 Å². The Morgan fingerprint density at radius 2 is 2.24 bits per heavy atom. The maximum Gasteiger partial charge on any atom is 0.268 e. The Kier molecular flexibility index (Phi) is 4.82. The zero-order valence-corrected chi connectivity index (χ0v) is 13.6. The molecule has 0 aliphatic carbocycles. The molecule has 2 atom stereocenters. The number of likely N-dealkylation sites (tertiary alicyclic amines) is 1. The van der Waals surface area contributed by atoms with E-state index in [0.29, 0.717) is 30.8 Å². The molecule has 1 saturated heterocycles. The number of imidazole rings is 1. The van der Waals surface area contributed by atoms with Crippen molar-refractivity contribution in [3.05, 3.63) is 42.2 Å². The van der Waals surface area contributed by atoms with Crippen LogP contribution in [-0.2, 0) is 16.0 Å². The van der Waals surface area contributed by atoms with E-state index >= 15 is 0 Å². The van der Waals surface area contributed by atoms with E-state index in [9.17, 15) is 14.4 Å². The molecule has 0 saturated carbocycles. The number of rotatable bonds is 6. The van der Waals surface area contributed by atoms with Gasteiger partial charge in [-0.1, -0.05) is 0 Å². The van der Waals surface area contributed by atoms with E-state index in [1.807, 2.05) is 0 Å². The minimum Gasteiger partial charge on any atom is -0.368 e. The Bertz CT molecular complexity index is 740. The standard InChI is InChI=1S/C16H20N6O3/c17-14(23)13-4-2-6-22(13)16(25)12(7-10-8-18-9-20-10)21-15(24)11-3-1-5-19-11/h1,3,5,8-9,12-13,19H,2,4,6-7H2,(H2,17,23)(H,18,20)(H,21,24)/t12-,13-/m0/s1. The molecule has 2 aromatic rings. The molecule has 0 spiro atoms. The Hall–Kier alpha value is -3.10. The van der Waals surface area contributed by atoms with E-state index in [0.717, 1.165) is 0 Å². The lowest BCUT2D eigenvalue weighted by Gasteiger charge is -2.27. The molecule has 0 aromatic carbocycles. The number of aromatic nitrogens is 3. The van der Waals surface area contributed by atoms with Gasteiger partial charge in [0.05, 0.1) is 6.33 Å². The van der Waals surface area contributed by atoms with Crippen molar-refractivity contribution in [2.45, 2.75) is 31.3 Å². The number of carbonyl (C=O) groups is 3. The summed E-state index contributed by atoms with van der Waals surface area (Å²) in [5.74, 6) is -1.24. The van der Waals surface area contributed by atoms with Gasteiger partial charge < -0.3 is 25.9 Å². The average molecular weight is 344 g/mol. The summed E-state index contributed by atoms with van der Waals surface area (Å²) >= 11 is 0. The fraction of sp³-hybridized carbons (Fsp3) is 0.375. The molecule has 1 aliphatic rings. The number of H-pyrrole nitrogens is 2. The first kappa shape index (κ1) is 16.7. The number of nitrogens with one attached hydrogen (secondary N) is 3. The highest BCUT2D eigenvalue weighted by Crippen LogP contribution is 2.19. The molecule has 132 valence electrons. The largest absolute Gasteiger partial charge is 0.368 e. The predicted octanol–water partition coefficient (Wildman–Crippen LogP) is -0.445. The summed E-state index contributed by atoms with van der Waals surface area (Å²) in [7, 11) is 0. The van der Waals surface area contributed by atoms with Crippen LogP contribution in [0.4, 0.5) is 0 Å². The molecule has 2 aromatic heterocycles. The SMILES string of the molecule is NC(=O)[C@@H]1CCCN1C(=O)[C@H](Cc1cnc[nH]1)NC(=O)c1ccc[nH]1. The molecule has 0 radical (unpaired) electrons. The Morgan fingerprint density at radius 1 is 1.40 bits per heavy atom. The first-order valence-electron chi connectivity index (χ1n) is 8.07. The van der Waals surface area contributed by atoms with Gasteiger partial charge in [0, 0.05) is 31.1 Å². The molecular formula is C16H20N6O3. The third-order valence-electron chi connectivity index (χ3n) is 4.29. The van der Waals surface area contributed by atoms with Crippen LogP contribution in [0.5, 0.6) is 0 Å². The van der Waals surface area contributed by atoms with Crippen LogP contribution in [0.1, 0.15) is 29.0 Å². The summed E-state index contributed by atoms with van der Waals surface area (Å²) < 4.78 is 0. The fourth-order valence-electron chi connectivity index (χ4n) is 3.05. The fourth-order valence-corrected chi connectivity index (χ4v) is 3.05. The molecule has 9 heteroatoms. The third kappa shape index (κ3) is 3.70. The molecule has 5 N–H and O–H groups in total. The third-order valence-corrected chi connectivity index (χ3v) is 4.29. The second-order valence-electron chi connectivity index (χ2n) is 5.98. The van der Waals surface area contributed by atoms with Gasteiger partial charge >= 0.3 is 0 Å². The highest BCUT2D eigenvalue weighted by Gasteiger charge is 2.37. The van der Waals surface area contributed by atoms with Crippen molar-refractivity contribution in [2.75, 3.05) is 6.54 Å². The maximum absolute atomic E-state index is 13.0. The minimum atomic E-state index is -0.823. The van der Waals surface area contributed by atoms with Gasteiger partial charge in [-0.2, -0.15) is 0 Å². The van der Waals surface area contributed by atoms with E-state index in [4.69, 9.17) is 5.73 Å². The Morgan fingerprint density at radius 3 is 2.88 bits per heavy atom. The highest BCUT2D eigenvalue weighted by atomic mass is 16.2. The van der Waals surface area contributed by atoms with Gasteiger partial charge in [0.25, 0.3) is 5.91 Å². The molecule has 0 unspecified atom stereocenters. The summed E-state index contributed by atoms with van der Waals surface area (Å²) in [5, 5.41) is 2.73. The van der Waals surface area contributed by atoms with Crippen LogP contribution in [0, 0.1) is 0 Å². The van der Waals surface area contributed by atoms with Crippen LogP contribution in [0.2, 0.25) is 0 Å². The van der Waals surface area contributed by atoms with E-state index < -0.39 is 23.9 Å². The molecule has 1 aliphatic heterocycles. The van der Waals surface area contributed by atoms with Crippen molar-refractivity contribution in [3.8, 4) is 0 Å². The number of amides is 3. The van der Waals surface area contributed by atoms with Crippen molar-refractivity contribution in [3.63, 3.8) is 0 Å². The summed E-state index contributed by atoms with van der Waals surface area (Å²) in [6.07, 6.45) is 6.23. The molecule has 0 bridgehead atoms. The lowest BCUT2D eigenvalue weighted by molar-refractivity contribution is -0.138. The Balaban J connectivity index is 1.78. The first-order valence-corrected chi connectivity index (χ1v) is 8.07. The number of primary amides is 1. The van der Waals surface area contributed by atoms with Gasteiger partial charge in [0.2, 0.25) is 11.8 Å². The van der Waals surface area contributed by atoms with Crippen LogP contribution < -0.4 is 11.1 Å². The number of aromatic amines is 2. The molecule has 3 rings (SSSR count). The zero-order valence-electron chi connectivity index (χ0n) is 13.6. The quantitative estimate of drug-likeness (QED) is 0.564. The molecule has 3 amide bonds. The predicted molar refractivity (Wildman–Crippen MR) is 88.3 cm³/mol. The van der Waals surface area contributed by atoms with E-state index in [1.165, 1.54) is 11.2 Å². The average Bonchev–Trinajstić information content (AvgIpc) is 3.33.